The fraction of sp³-hybridized carbons (Fsp3) is 0.750. The van der Waals surface area contributed by atoms with Crippen molar-refractivity contribution in [3.8, 4) is 0 Å². The molecule has 0 amide bonds. The van der Waals surface area contributed by atoms with E-state index in [1.165, 1.54) is 0 Å². The SMILES string of the molecule is CC1=NN2CC2(N)O1. The van der Waals surface area contributed by atoms with Crippen molar-refractivity contribution in [3.63, 3.8) is 0 Å². The molecular weight excluding hydrogens is 106 g/mol. The average molecular weight is 113 g/mol. The summed E-state index contributed by atoms with van der Waals surface area (Å²) in [5, 5.41) is 5.65. The van der Waals surface area contributed by atoms with Gasteiger partial charge in [-0.3, -0.25) is 5.73 Å². The van der Waals surface area contributed by atoms with Gasteiger partial charge in [0.15, 0.2) is 0 Å². The molecule has 2 aliphatic rings. The van der Waals surface area contributed by atoms with Crippen LogP contribution in [0.1, 0.15) is 6.92 Å². The van der Waals surface area contributed by atoms with Crippen LogP contribution in [0.15, 0.2) is 5.10 Å². The molecule has 2 heterocycles. The van der Waals surface area contributed by atoms with Crippen molar-refractivity contribution in [2.45, 2.75) is 12.8 Å². The monoisotopic (exact) mass is 113 g/mol. The van der Waals surface area contributed by atoms with Crippen molar-refractivity contribution in [3.05, 3.63) is 0 Å². The van der Waals surface area contributed by atoms with Gasteiger partial charge in [-0.15, -0.1) is 5.10 Å². The first-order valence-corrected chi connectivity index (χ1v) is 2.51. The number of nitrogens with two attached hydrogens (primary N) is 1. The van der Waals surface area contributed by atoms with Crippen molar-refractivity contribution in [1.29, 1.82) is 0 Å². The normalized spacial score (nSPS) is 40.8. The lowest BCUT2D eigenvalue weighted by Gasteiger charge is -2.00. The lowest BCUT2D eigenvalue weighted by Crippen LogP contribution is -2.29. The largest absolute Gasteiger partial charge is 0.437 e. The molecule has 0 saturated carbocycles. The van der Waals surface area contributed by atoms with Crippen molar-refractivity contribution in [2.75, 3.05) is 6.54 Å². The summed E-state index contributed by atoms with van der Waals surface area (Å²) in [5.74, 6) is 0.128. The third kappa shape index (κ3) is 0.315. The minimum Gasteiger partial charge on any atom is -0.437 e. The molecule has 0 aromatic heterocycles. The van der Waals surface area contributed by atoms with Crippen LogP contribution in [0.5, 0.6) is 0 Å². The topological polar surface area (TPSA) is 50.6 Å². The van der Waals surface area contributed by atoms with Crippen molar-refractivity contribution < 1.29 is 4.74 Å². The second-order valence-electron chi connectivity index (χ2n) is 2.12. The molecule has 1 saturated heterocycles. The van der Waals surface area contributed by atoms with E-state index in [0.29, 0.717) is 5.90 Å². The predicted molar refractivity (Wildman–Crippen MR) is 27.8 cm³/mol. The fourth-order valence-electron chi connectivity index (χ4n) is 0.830. The zero-order chi connectivity index (χ0) is 5.78. The molecule has 1 atom stereocenters. The molecule has 0 bridgehead atoms. The number of hydrogen-bond donors (Lipinski definition) is 1. The van der Waals surface area contributed by atoms with Gasteiger partial charge >= 0.3 is 0 Å². The van der Waals surface area contributed by atoms with E-state index in [9.17, 15) is 0 Å². The first-order valence-electron chi connectivity index (χ1n) is 2.51. The van der Waals surface area contributed by atoms with Crippen LogP contribution in [0.4, 0.5) is 0 Å². The van der Waals surface area contributed by atoms with E-state index in [1.807, 2.05) is 0 Å². The van der Waals surface area contributed by atoms with Crippen LogP contribution in [0, 0.1) is 0 Å². The molecule has 2 N–H and O–H groups in total. The van der Waals surface area contributed by atoms with E-state index >= 15 is 0 Å². The molecule has 2 aliphatic heterocycles. The standard InChI is InChI=1S/C4H7N3O/c1-3-6-7-2-4(7,5)8-3/h2,5H2,1H3. The summed E-state index contributed by atoms with van der Waals surface area (Å²) in [6, 6.07) is 0. The highest BCUT2D eigenvalue weighted by molar-refractivity contribution is 5.75. The maximum atomic E-state index is 5.53. The second-order valence-corrected chi connectivity index (χ2v) is 2.12. The van der Waals surface area contributed by atoms with E-state index in [0.717, 1.165) is 6.54 Å². The lowest BCUT2D eigenvalue weighted by molar-refractivity contribution is 0.145. The van der Waals surface area contributed by atoms with Gasteiger partial charge < -0.3 is 4.74 Å². The molecule has 4 heteroatoms. The summed E-state index contributed by atoms with van der Waals surface area (Å²) < 4.78 is 5.08. The smallest absolute Gasteiger partial charge is 0.274 e. The van der Waals surface area contributed by atoms with Gasteiger partial charge in [0.25, 0.3) is 5.85 Å². The minimum absolute atomic E-state index is 0.538. The number of rotatable bonds is 0. The maximum absolute atomic E-state index is 5.53. The van der Waals surface area contributed by atoms with E-state index in [-0.39, 0.29) is 0 Å². The Balaban J connectivity index is 2.24. The Labute approximate surface area is 46.9 Å². The summed E-state index contributed by atoms with van der Waals surface area (Å²) in [6.45, 7) is 2.53. The van der Waals surface area contributed by atoms with E-state index < -0.39 is 5.85 Å². The van der Waals surface area contributed by atoms with Crippen LogP contribution >= 0.6 is 0 Å². The van der Waals surface area contributed by atoms with Crippen LogP contribution < -0.4 is 5.73 Å². The highest BCUT2D eigenvalue weighted by atomic mass is 16.6. The van der Waals surface area contributed by atoms with Gasteiger partial charge in [-0.25, -0.2) is 5.01 Å². The molecule has 0 aromatic rings. The number of nitrogens with zero attached hydrogens (tertiary/aromatic N) is 2. The third-order valence-electron chi connectivity index (χ3n) is 1.30. The van der Waals surface area contributed by atoms with Gasteiger partial charge in [-0.2, -0.15) is 0 Å². The highest BCUT2D eigenvalue weighted by Gasteiger charge is 2.56. The number of hydrogen-bond acceptors (Lipinski definition) is 4. The van der Waals surface area contributed by atoms with Crippen LogP contribution in [-0.2, 0) is 4.74 Å². The van der Waals surface area contributed by atoms with E-state index in [2.05, 4.69) is 5.10 Å². The number of hydrazone groups is 1. The molecular formula is C4H7N3O. The van der Waals surface area contributed by atoms with Crippen LogP contribution in [-0.4, -0.2) is 23.3 Å². The highest BCUT2D eigenvalue weighted by Crippen LogP contribution is 2.33. The Morgan fingerprint density at radius 3 is 3.00 bits per heavy atom. The van der Waals surface area contributed by atoms with Crippen LogP contribution in [0.2, 0.25) is 0 Å². The van der Waals surface area contributed by atoms with Gasteiger partial charge in [0.05, 0.1) is 0 Å². The van der Waals surface area contributed by atoms with Gasteiger partial charge in [0, 0.05) is 6.92 Å². The van der Waals surface area contributed by atoms with Crippen LogP contribution in [0.3, 0.4) is 0 Å². The Hall–Kier alpha value is -0.770. The summed E-state index contributed by atoms with van der Waals surface area (Å²) >= 11 is 0. The molecule has 1 fully saturated rings. The molecule has 0 aliphatic carbocycles. The molecule has 8 heavy (non-hydrogen) atoms. The molecule has 4 nitrogen and oxygen atoms in total. The fourth-order valence-corrected chi connectivity index (χ4v) is 0.830. The molecule has 0 spiro atoms. The van der Waals surface area contributed by atoms with Crippen molar-refractivity contribution >= 4 is 5.90 Å². The Bertz CT molecular complexity index is 167. The summed E-state index contributed by atoms with van der Waals surface area (Å²) in [5.41, 5.74) is 5.53. The molecule has 44 valence electrons. The number of fused-ring (bicyclic) bond motifs is 1. The van der Waals surface area contributed by atoms with Gasteiger partial charge in [0.2, 0.25) is 5.90 Å². The predicted octanol–water partition coefficient (Wildman–Crippen LogP) is -0.722. The number of ether oxygens (including phenoxy) is 1. The Morgan fingerprint density at radius 1 is 2.00 bits per heavy atom. The summed E-state index contributed by atoms with van der Waals surface area (Å²) in [7, 11) is 0. The summed E-state index contributed by atoms with van der Waals surface area (Å²) in [4.78, 5) is 0. The lowest BCUT2D eigenvalue weighted by atomic mass is 10.7. The van der Waals surface area contributed by atoms with Gasteiger partial charge in [0.1, 0.15) is 6.54 Å². The third-order valence-corrected chi connectivity index (χ3v) is 1.30. The minimum atomic E-state index is -0.538. The first-order chi connectivity index (χ1) is 3.71. The molecule has 2 rings (SSSR count). The van der Waals surface area contributed by atoms with Gasteiger partial charge in [-0.05, 0) is 0 Å². The zero-order valence-corrected chi connectivity index (χ0v) is 4.59. The summed E-state index contributed by atoms with van der Waals surface area (Å²) in [6.07, 6.45) is 0. The molecule has 1 unspecified atom stereocenters. The quantitative estimate of drug-likeness (QED) is 0.422. The molecule has 0 radical (unpaired) electrons. The van der Waals surface area contributed by atoms with E-state index in [1.54, 1.807) is 11.9 Å². The average Bonchev–Trinajstić information content (AvgIpc) is 2.07. The first kappa shape index (κ1) is 4.14. The zero-order valence-electron chi connectivity index (χ0n) is 4.59. The van der Waals surface area contributed by atoms with E-state index in [4.69, 9.17) is 10.5 Å². The van der Waals surface area contributed by atoms with Crippen LogP contribution in [0.25, 0.3) is 0 Å². The van der Waals surface area contributed by atoms with Crippen molar-refractivity contribution in [2.24, 2.45) is 10.8 Å². The Morgan fingerprint density at radius 2 is 2.75 bits per heavy atom. The van der Waals surface area contributed by atoms with Gasteiger partial charge in [-0.1, -0.05) is 0 Å². The maximum Gasteiger partial charge on any atom is 0.274 e. The second kappa shape index (κ2) is 0.842. The van der Waals surface area contributed by atoms with Crippen molar-refractivity contribution in [1.82, 2.24) is 5.01 Å². The molecule has 0 aromatic carbocycles. The Kier molecular flexibility index (Phi) is 0.436.